The average molecular weight is 417 g/mol. The van der Waals surface area contributed by atoms with Crippen molar-refractivity contribution in [3.63, 3.8) is 0 Å². The van der Waals surface area contributed by atoms with Gasteiger partial charge in [-0.25, -0.2) is 0 Å². The number of aromatic hydroxyl groups is 1. The molecule has 0 saturated carbocycles. The first kappa shape index (κ1) is 14.7. The summed E-state index contributed by atoms with van der Waals surface area (Å²) in [6.07, 6.45) is -0.428. The van der Waals surface area contributed by atoms with Crippen LogP contribution >= 0.6 is 31.9 Å². The van der Waals surface area contributed by atoms with Gasteiger partial charge in [0.1, 0.15) is 5.25 Å². The second-order valence-electron chi connectivity index (χ2n) is 4.06. The molecule has 0 aliphatic carbocycles. The lowest BCUT2D eigenvalue weighted by molar-refractivity contribution is -0.117. The summed E-state index contributed by atoms with van der Waals surface area (Å²) in [7, 11) is -4.78. The van der Waals surface area contributed by atoms with Gasteiger partial charge >= 0.3 is 10.2 Å². The van der Waals surface area contributed by atoms with E-state index in [9.17, 15) is 22.2 Å². The molecule has 1 fully saturated rings. The fourth-order valence-corrected chi connectivity index (χ4v) is 3.73. The van der Waals surface area contributed by atoms with Crippen molar-refractivity contribution in [2.45, 2.75) is 11.7 Å². The molecular weight excluding hydrogens is 409 g/mol. The summed E-state index contributed by atoms with van der Waals surface area (Å²) < 4.78 is 35.6. The standard InChI is InChI=1S/C10H8Br2FNO4S/c11-5-1-7(12)10(16)8(2-5)14-4-6(3-9(14)15)19(13,17)18/h1-2,6,16H,3-4H2. The Morgan fingerprint density at radius 1 is 1.37 bits per heavy atom. The summed E-state index contributed by atoms with van der Waals surface area (Å²) in [6.45, 7) is -0.311. The third-order valence-corrected chi connectivity index (χ3v) is 4.96. The van der Waals surface area contributed by atoms with Crippen molar-refractivity contribution in [2.75, 3.05) is 11.4 Å². The van der Waals surface area contributed by atoms with Crippen molar-refractivity contribution in [3.05, 3.63) is 21.1 Å². The van der Waals surface area contributed by atoms with E-state index in [0.29, 0.717) is 8.95 Å². The summed E-state index contributed by atoms with van der Waals surface area (Å²) in [5.41, 5.74) is 0.136. The zero-order valence-electron chi connectivity index (χ0n) is 9.31. The first-order valence-corrected chi connectivity index (χ1v) is 8.15. The number of carbonyl (C=O) groups excluding carboxylic acids is 1. The lowest BCUT2D eigenvalue weighted by atomic mass is 10.2. The minimum Gasteiger partial charge on any atom is -0.505 e. The predicted molar refractivity (Wildman–Crippen MR) is 74.3 cm³/mol. The van der Waals surface area contributed by atoms with Crippen molar-refractivity contribution in [3.8, 4) is 5.75 Å². The molecule has 1 aliphatic heterocycles. The van der Waals surface area contributed by atoms with Crippen LogP contribution in [0, 0.1) is 0 Å². The second kappa shape index (κ2) is 5.02. The number of hydrogen-bond donors (Lipinski definition) is 1. The van der Waals surface area contributed by atoms with Crippen LogP contribution in [0.15, 0.2) is 21.1 Å². The van der Waals surface area contributed by atoms with E-state index in [1.165, 1.54) is 6.07 Å². The highest BCUT2D eigenvalue weighted by Crippen LogP contribution is 2.40. The van der Waals surface area contributed by atoms with E-state index in [4.69, 9.17) is 0 Å². The van der Waals surface area contributed by atoms with Crippen LogP contribution in [0.25, 0.3) is 0 Å². The van der Waals surface area contributed by atoms with Gasteiger partial charge < -0.3 is 10.0 Å². The van der Waals surface area contributed by atoms with Gasteiger partial charge in [0.2, 0.25) is 5.91 Å². The Bertz CT molecular complexity index is 649. The van der Waals surface area contributed by atoms with Gasteiger partial charge in [-0.15, -0.1) is 3.89 Å². The molecule has 1 N–H and O–H groups in total. The van der Waals surface area contributed by atoms with Crippen LogP contribution in [-0.4, -0.2) is 31.2 Å². The van der Waals surface area contributed by atoms with Crippen LogP contribution in [0.1, 0.15) is 6.42 Å². The fraction of sp³-hybridized carbons (Fsp3) is 0.300. The van der Waals surface area contributed by atoms with Crippen LogP contribution in [-0.2, 0) is 15.0 Å². The van der Waals surface area contributed by atoms with Crippen molar-refractivity contribution in [1.29, 1.82) is 0 Å². The topological polar surface area (TPSA) is 74.7 Å². The quantitative estimate of drug-likeness (QED) is 0.750. The van der Waals surface area contributed by atoms with Crippen molar-refractivity contribution in [2.24, 2.45) is 0 Å². The van der Waals surface area contributed by atoms with E-state index in [-0.39, 0.29) is 18.0 Å². The van der Waals surface area contributed by atoms with Crippen molar-refractivity contribution in [1.82, 2.24) is 0 Å². The van der Waals surface area contributed by atoms with Crippen LogP contribution in [0.3, 0.4) is 0 Å². The summed E-state index contributed by atoms with van der Waals surface area (Å²) in [4.78, 5) is 12.8. The maximum absolute atomic E-state index is 12.9. The molecule has 104 valence electrons. The molecule has 0 bridgehead atoms. The van der Waals surface area contributed by atoms with Gasteiger partial charge in [0.05, 0.1) is 10.2 Å². The maximum Gasteiger partial charge on any atom is 0.307 e. The molecule has 1 atom stereocenters. The number of rotatable bonds is 2. The molecule has 5 nitrogen and oxygen atoms in total. The minimum atomic E-state index is -4.78. The van der Waals surface area contributed by atoms with Gasteiger partial charge in [-0.1, -0.05) is 15.9 Å². The van der Waals surface area contributed by atoms with Gasteiger partial charge in [-0.2, -0.15) is 8.42 Å². The van der Waals surface area contributed by atoms with Crippen molar-refractivity contribution >= 4 is 53.7 Å². The molecule has 1 saturated heterocycles. The normalized spacial score (nSPS) is 20.1. The molecule has 1 amide bonds. The maximum atomic E-state index is 12.9. The number of phenols is 1. The van der Waals surface area contributed by atoms with Gasteiger partial charge in [0.15, 0.2) is 5.75 Å². The van der Waals surface area contributed by atoms with Gasteiger partial charge in [-0.3, -0.25) is 4.79 Å². The smallest absolute Gasteiger partial charge is 0.307 e. The van der Waals surface area contributed by atoms with Gasteiger partial charge in [-0.05, 0) is 28.1 Å². The largest absolute Gasteiger partial charge is 0.505 e. The highest BCUT2D eigenvalue weighted by molar-refractivity contribution is 9.11. The molecule has 1 aromatic rings. The highest BCUT2D eigenvalue weighted by atomic mass is 79.9. The van der Waals surface area contributed by atoms with E-state index < -0.39 is 27.8 Å². The zero-order valence-corrected chi connectivity index (χ0v) is 13.3. The monoisotopic (exact) mass is 415 g/mol. The molecule has 9 heteroatoms. The second-order valence-corrected chi connectivity index (χ2v) is 7.45. The molecule has 0 spiro atoms. The SMILES string of the molecule is O=C1CC(S(=O)(=O)F)CN1c1cc(Br)cc(Br)c1O. The van der Waals surface area contributed by atoms with Gasteiger partial charge in [0.25, 0.3) is 0 Å². The molecule has 0 radical (unpaired) electrons. The van der Waals surface area contributed by atoms with Crippen LogP contribution in [0.5, 0.6) is 5.75 Å². The predicted octanol–water partition coefficient (Wildman–Crippen LogP) is 2.32. The summed E-state index contributed by atoms with van der Waals surface area (Å²) in [5, 5.41) is 8.49. The van der Waals surface area contributed by atoms with E-state index in [1.54, 1.807) is 6.07 Å². The van der Waals surface area contributed by atoms with E-state index in [1.807, 2.05) is 0 Å². The lowest BCUT2D eigenvalue weighted by Crippen LogP contribution is -2.27. The summed E-state index contributed by atoms with van der Waals surface area (Å²) >= 11 is 6.31. The molecule has 0 aromatic heterocycles. The summed E-state index contributed by atoms with van der Waals surface area (Å²) in [6, 6.07) is 3.04. The average Bonchev–Trinajstić information content (AvgIpc) is 2.65. The number of anilines is 1. The minimum absolute atomic E-state index is 0.136. The molecule has 2 rings (SSSR count). The molecular formula is C10H8Br2FNO4S. The Morgan fingerprint density at radius 2 is 2.00 bits per heavy atom. The Balaban J connectivity index is 2.41. The molecule has 1 unspecified atom stereocenters. The van der Waals surface area contributed by atoms with Crippen LogP contribution in [0.4, 0.5) is 9.57 Å². The third-order valence-electron chi connectivity index (χ3n) is 2.79. The highest BCUT2D eigenvalue weighted by Gasteiger charge is 2.40. The Morgan fingerprint density at radius 3 is 2.53 bits per heavy atom. The first-order valence-electron chi connectivity index (χ1n) is 5.12. The Hall–Kier alpha value is -0.670. The van der Waals surface area contributed by atoms with E-state index in [2.05, 4.69) is 31.9 Å². The van der Waals surface area contributed by atoms with E-state index in [0.717, 1.165) is 4.90 Å². The fourth-order valence-electron chi connectivity index (χ4n) is 1.85. The van der Waals surface area contributed by atoms with Crippen LogP contribution < -0.4 is 4.90 Å². The number of halogens is 3. The zero-order chi connectivity index (χ0) is 14.4. The Labute approximate surface area is 125 Å². The molecule has 1 aliphatic rings. The van der Waals surface area contributed by atoms with Crippen molar-refractivity contribution < 1.29 is 22.2 Å². The van der Waals surface area contributed by atoms with Crippen LogP contribution in [0.2, 0.25) is 0 Å². The number of amides is 1. The number of phenolic OH excluding ortho intramolecular Hbond substituents is 1. The third kappa shape index (κ3) is 2.92. The van der Waals surface area contributed by atoms with E-state index >= 15 is 0 Å². The first-order chi connectivity index (χ1) is 8.70. The number of nitrogens with zero attached hydrogens (tertiary/aromatic N) is 1. The molecule has 1 heterocycles. The Kier molecular flexibility index (Phi) is 3.90. The number of benzene rings is 1. The lowest BCUT2D eigenvalue weighted by Gasteiger charge is -2.18. The summed E-state index contributed by atoms with van der Waals surface area (Å²) in [5.74, 6) is -0.750. The van der Waals surface area contributed by atoms with Gasteiger partial charge in [0, 0.05) is 17.4 Å². The molecule has 19 heavy (non-hydrogen) atoms. The molecule has 1 aromatic carbocycles. The number of carbonyl (C=O) groups is 1. The number of hydrogen-bond acceptors (Lipinski definition) is 4.